The van der Waals surface area contributed by atoms with Crippen molar-refractivity contribution >= 4 is 46.9 Å². The molecule has 0 fully saturated rings. The Balaban J connectivity index is 2.00. The first-order valence-corrected chi connectivity index (χ1v) is 11.1. The van der Waals surface area contributed by atoms with Gasteiger partial charge >= 0.3 is 5.97 Å². The van der Waals surface area contributed by atoms with Crippen LogP contribution in [0.1, 0.15) is 24.9 Å². The summed E-state index contributed by atoms with van der Waals surface area (Å²) in [4.78, 5) is 28.6. The van der Waals surface area contributed by atoms with Gasteiger partial charge in [0.25, 0.3) is 0 Å². The number of carbonyl (C=O) groups excluding carboxylic acids is 2. The zero-order chi connectivity index (χ0) is 19.6. The van der Waals surface area contributed by atoms with Gasteiger partial charge < -0.3 is 14.8 Å². The molecule has 1 heterocycles. The highest BCUT2D eigenvalue weighted by Gasteiger charge is 2.20. The molecule has 2 aromatic rings. The maximum atomic E-state index is 12.4. The van der Waals surface area contributed by atoms with Crippen molar-refractivity contribution in [2.24, 2.45) is 0 Å². The summed E-state index contributed by atoms with van der Waals surface area (Å²) in [6.07, 6.45) is 1.96. The SMILES string of the molecule is CCOC(=O)CC(NC(=O)CSc1nc(SC)ns1)c1ccc(OC)cc1. The van der Waals surface area contributed by atoms with E-state index in [2.05, 4.69) is 14.7 Å². The van der Waals surface area contributed by atoms with Crippen LogP contribution in [-0.4, -0.2) is 47.0 Å². The second-order valence-corrected chi connectivity index (χ2v) is 7.99. The molecule has 146 valence electrons. The summed E-state index contributed by atoms with van der Waals surface area (Å²) in [5.41, 5.74) is 0.808. The third-order valence-electron chi connectivity index (χ3n) is 3.43. The topological polar surface area (TPSA) is 90.4 Å². The zero-order valence-corrected chi connectivity index (χ0v) is 17.7. The number of methoxy groups -OCH3 is 1. The quantitative estimate of drug-likeness (QED) is 0.457. The minimum absolute atomic E-state index is 0.0615. The van der Waals surface area contributed by atoms with Gasteiger partial charge in [-0.2, -0.15) is 4.37 Å². The smallest absolute Gasteiger partial charge is 0.308 e. The van der Waals surface area contributed by atoms with Crippen molar-refractivity contribution in [3.63, 3.8) is 0 Å². The van der Waals surface area contributed by atoms with E-state index in [0.717, 1.165) is 9.90 Å². The van der Waals surface area contributed by atoms with Crippen LogP contribution in [0.3, 0.4) is 0 Å². The van der Waals surface area contributed by atoms with Crippen molar-refractivity contribution in [3.05, 3.63) is 29.8 Å². The molecule has 1 N–H and O–H groups in total. The second-order valence-electron chi connectivity index (χ2n) is 5.24. The molecule has 0 radical (unpaired) electrons. The first kappa shape index (κ1) is 21.5. The van der Waals surface area contributed by atoms with Crippen LogP contribution in [0.15, 0.2) is 33.8 Å². The van der Waals surface area contributed by atoms with E-state index < -0.39 is 6.04 Å². The van der Waals surface area contributed by atoms with Gasteiger partial charge in [-0.1, -0.05) is 35.7 Å². The molecule has 1 amide bonds. The van der Waals surface area contributed by atoms with Crippen LogP contribution in [0.25, 0.3) is 0 Å². The lowest BCUT2D eigenvalue weighted by atomic mass is 10.0. The Labute approximate surface area is 170 Å². The Bertz CT molecular complexity index is 752. The van der Waals surface area contributed by atoms with Crippen LogP contribution in [0, 0.1) is 0 Å². The molecular formula is C17H21N3O4S3. The predicted molar refractivity (Wildman–Crippen MR) is 108 cm³/mol. The molecule has 10 heteroatoms. The number of aromatic nitrogens is 2. The monoisotopic (exact) mass is 427 g/mol. The van der Waals surface area contributed by atoms with Crippen molar-refractivity contribution in [2.75, 3.05) is 25.7 Å². The van der Waals surface area contributed by atoms with Crippen LogP contribution in [-0.2, 0) is 14.3 Å². The highest BCUT2D eigenvalue weighted by atomic mass is 32.2. The molecule has 0 bridgehead atoms. The van der Waals surface area contributed by atoms with Crippen LogP contribution in [0.5, 0.6) is 5.75 Å². The Morgan fingerprint density at radius 3 is 2.63 bits per heavy atom. The van der Waals surface area contributed by atoms with Crippen molar-refractivity contribution in [3.8, 4) is 5.75 Å². The summed E-state index contributed by atoms with van der Waals surface area (Å²) in [6, 6.07) is 6.76. The molecule has 27 heavy (non-hydrogen) atoms. The van der Waals surface area contributed by atoms with Crippen LogP contribution < -0.4 is 10.1 Å². The summed E-state index contributed by atoms with van der Waals surface area (Å²) in [6.45, 7) is 2.05. The Morgan fingerprint density at radius 1 is 1.30 bits per heavy atom. The van der Waals surface area contributed by atoms with Gasteiger partial charge in [-0.05, 0) is 42.4 Å². The average molecular weight is 428 g/mol. The first-order chi connectivity index (χ1) is 13.0. The fourth-order valence-corrected chi connectivity index (χ4v) is 4.20. The van der Waals surface area contributed by atoms with Crippen LogP contribution in [0.4, 0.5) is 0 Å². The lowest BCUT2D eigenvalue weighted by Crippen LogP contribution is -2.31. The maximum absolute atomic E-state index is 12.4. The molecule has 1 aromatic heterocycles. The van der Waals surface area contributed by atoms with Gasteiger partial charge in [0.2, 0.25) is 11.1 Å². The molecule has 0 saturated carbocycles. The average Bonchev–Trinajstić information content (AvgIpc) is 3.14. The minimum atomic E-state index is -0.473. The van der Waals surface area contributed by atoms with Crippen molar-refractivity contribution < 1.29 is 19.1 Å². The van der Waals surface area contributed by atoms with Crippen molar-refractivity contribution in [1.29, 1.82) is 0 Å². The van der Waals surface area contributed by atoms with E-state index >= 15 is 0 Å². The summed E-state index contributed by atoms with van der Waals surface area (Å²) in [7, 11) is 1.58. The van der Waals surface area contributed by atoms with Crippen LogP contribution in [0.2, 0.25) is 0 Å². The van der Waals surface area contributed by atoms with Gasteiger partial charge in [-0.15, -0.1) is 0 Å². The number of esters is 1. The van der Waals surface area contributed by atoms with E-state index in [1.807, 2.05) is 18.4 Å². The van der Waals surface area contributed by atoms with Gasteiger partial charge in [-0.3, -0.25) is 9.59 Å². The summed E-state index contributed by atoms with van der Waals surface area (Å²) in [5.74, 6) is 0.348. The number of nitrogens with one attached hydrogen (secondary N) is 1. The molecule has 1 aromatic carbocycles. The summed E-state index contributed by atoms with van der Waals surface area (Å²) >= 11 is 4.05. The third kappa shape index (κ3) is 7.04. The molecular weight excluding hydrogens is 406 g/mol. The molecule has 0 aliphatic rings. The van der Waals surface area contributed by atoms with E-state index in [1.165, 1.54) is 35.1 Å². The molecule has 0 spiro atoms. The highest BCUT2D eigenvalue weighted by Crippen LogP contribution is 2.24. The molecule has 7 nitrogen and oxygen atoms in total. The largest absolute Gasteiger partial charge is 0.497 e. The van der Waals surface area contributed by atoms with E-state index in [0.29, 0.717) is 17.5 Å². The number of ether oxygens (including phenoxy) is 2. The van der Waals surface area contributed by atoms with E-state index in [9.17, 15) is 9.59 Å². The second kappa shape index (κ2) is 11.2. The number of hydrogen-bond donors (Lipinski definition) is 1. The van der Waals surface area contributed by atoms with Gasteiger partial charge in [0, 0.05) is 0 Å². The molecule has 0 aliphatic carbocycles. The number of nitrogens with zero attached hydrogens (tertiary/aromatic N) is 2. The fourth-order valence-electron chi connectivity index (χ4n) is 2.18. The van der Waals surface area contributed by atoms with Gasteiger partial charge in [-0.25, -0.2) is 4.98 Å². The lowest BCUT2D eigenvalue weighted by molar-refractivity contribution is -0.143. The number of thioether (sulfide) groups is 2. The third-order valence-corrected chi connectivity index (χ3v) is 5.92. The Kier molecular flexibility index (Phi) is 8.89. The molecule has 1 atom stereocenters. The van der Waals surface area contributed by atoms with Gasteiger partial charge in [0.05, 0.1) is 31.9 Å². The lowest BCUT2D eigenvalue weighted by Gasteiger charge is -2.18. The zero-order valence-electron chi connectivity index (χ0n) is 15.3. The van der Waals surface area contributed by atoms with Gasteiger partial charge in [0.15, 0.2) is 4.34 Å². The highest BCUT2D eigenvalue weighted by molar-refractivity contribution is 8.01. The van der Waals surface area contributed by atoms with Crippen molar-refractivity contribution in [2.45, 2.75) is 28.9 Å². The number of hydrogen-bond acceptors (Lipinski definition) is 9. The summed E-state index contributed by atoms with van der Waals surface area (Å²) in [5, 5.41) is 3.60. The Hall–Kier alpha value is -1.78. The maximum Gasteiger partial charge on any atom is 0.308 e. The minimum Gasteiger partial charge on any atom is -0.497 e. The first-order valence-electron chi connectivity index (χ1n) is 8.15. The van der Waals surface area contributed by atoms with E-state index in [1.54, 1.807) is 26.2 Å². The number of carbonyl (C=O) groups is 2. The molecule has 2 rings (SSSR count). The Morgan fingerprint density at radius 2 is 2.04 bits per heavy atom. The molecule has 0 aliphatic heterocycles. The number of benzene rings is 1. The molecule has 0 saturated heterocycles. The normalized spacial score (nSPS) is 11.7. The van der Waals surface area contributed by atoms with Crippen molar-refractivity contribution in [1.82, 2.24) is 14.7 Å². The number of rotatable bonds is 10. The number of amides is 1. The standard InChI is InChI=1S/C17H21N3O4S3/c1-4-24-15(22)9-13(11-5-7-12(23-2)8-6-11)18-14(21)10-26-17-19-16(25-3)20-27-17/h5-8,13H,4,9-10H2,1-3H3,(H,18,21). The van der Waals surface area contributed by atoms with Crippen LogP contribution >= 0.6 is 35.1 Å². The molecule has 1 unspecified atom stereocenters. The predicted octanol–water partition coefficient (Wildman–Crippen LogP) is 3.17. The van der Waals surface area contributed by atoms with E-state index in [-0.39, 0.29) is 24.1 Å². The van der Waals surface area contributed by atoms with E-state index in [4.69, 9.17) is 9.47 Å². The fraction of sp³-hybridized carbons (Fsp3) is 0.412. The van der Waals surface area contributed by atoms with Gasteiger partial charge in [0.1, 0.15) is 5.75 Å². The summed E-state index contributed by atoms with van der Waals surface area (Å²) < 4.78 is 15.1.